The fraction of sp³-hybridized carbons (Fsp3) is 0.211. The van der Waals surface area contributed by atoms with E-state index in [9.17, 15) is 4.79 Å². The second-order valence-corrected chi connectivity index (χ2v) is 6.52. The molecule has 26 heavy (non-hydrogen) atoms. The number of benzene rings is 1. The lowest BCUT2D eigenvalue weighted by Gasteiger charge is -2.08. The first kappa shape index (κ1) is 15.1. The lowest BCUT2D eigenvalue weighted by atomic mass is 10.1. The zero-order chi connectivity index (χ0) is 17.7. The summed E-state index contributed by atoms with van der Waals surface area (Å²) in [5, 5.41) is 7.89. The quantitative estimate of drug-likeness (QED) is 0.590. The maximum absolute atomic E-state index is 12.0. The van der Waals surface area contributed by atoms with E-state index >= 15 is 0 Å². The van der Waals surface area contributed by atoms with Crippen molar-refractivity contribution in [3.63, 3.8) is 0 Å². The Labute approximate surface area is 148 Å². The second kappa shape index (κ2) is 5.67. The third-order valence-corrected chi connectivity index (χ3v) is 4.66. The largest absolute Gasteiger partial charge is 0.489 e. The Morgan fingerprint density at radius 3 is 2.92 bits per heavy atom. The van der Waals surface area contributed by atoms with Crippen LogP contribution in [0.4, 0.5) is 0 Å². The highest BCUT2D eigenvalue weighted by Crippen LogP contribution is 2.29. The fourth-order valence-electron chi connectivity index (χ4n) is 3.16. The summed E-state index contributed by atoms with van der Waals surface area (Å²) in [7, 11) is 0. The number of nitrogens with one attached hydrogen (secondary N) is 1. The van der Waals surface area contributed by atoms with Crippen LogP contribution < -0.4 is 16.0 Å². The van der Waals surface area contributed by atoms with Crippen molar-refractivity contribution in [3.05, 3.63) is 58.8 Å². The minimum Gasteiger partial charge on any atom is -0.489 e. The molecule has 1 aliphatic rings. The summed E-state index contributed by atoms with van der Waals surface area (Å²) in [5.41, 5.74) is 8.92. The van der Waals surface area contributed by atoms with Gasteiger partial charge in [0.2, 0.25) is 0 Å². The summed E-state index contributed by atoms with van der Waals surface area (Å²) in [6.45, 7) is 0.253. The van der Waals surface area contributed by atoms with Gasteiger partial charge in [0.1, 0.15) is 11.4 Å². The van der Waals surface area contributed by atoms with Crippen molar-refractivity contribution >= 4 is 16.4 Å². The molecule has 3 heterocycles. The van der Waals surface area contributed by atoms with Crippen LogP contribution in [0, 0.1) is 0 Å². The first-order valence-electron chi connectivity index (χ1n) is 8.58. The molecule has 7 nitrogen and oxygen atoms in total. The van der Waals surface area contributed by atoms with E-state index in [0.717, 1.165) is 40.9 Å². The van der Waals surface area contributed by atoms with Crippen LogP contribution in [0.15, 0.2) is 47.5 Å². The summed E-state index contributed by atoms with van der Waals surface area (Å²) >= 11 is 0. The van der Waals surface area contributed by atoms with Gasteiger partial charge in [0.05, 0.1) is 35.3 Å². The maximum atomic E-state index is 12.0. The zero-order valence-electron chi connectivity index (χ0n) is 14.0. The molecule has 0 aliphatic heterocycles. The van der Waals surface area contributed by atoms with Crippen LogP contribution in [0.1, 0.15) is 18.5 Å². The summed E-state index contributed by atoms with van der Waals surface area (Å²) in [6, 6.07) is 9.54. The minimum absolute atomic E-state index is 0.220. The molecule has 3 aromatic heterocycles. The first-order valence-corrected chi connectivity index (χ1v) is 8.58. The Hall–Kier alpha value is -3.19. The van der Waals surface area contributed by atoms with Crippen molar-refractivity contribution in [2.45, 2.75) is 25.5 Å². The second-order valence-electron chi connectivity index (χ2n) is 6.52. The molecule has 0 saturated heterocycles. The third kappa shape index (κ3) is 2.44. The molecule has 7 heteroatoms. The lowest BCUT2D eigenvalue weighted by molar-refractivity contribution is 0.302. The number of hydrogen-bond acceptors (Lipinski definition) is 5. The number of H-pyrrole nitrogens is 1. The van der Waals surface area contributed by atoms with E-state index in [-0.39, 0.29) is 12.1 Å². The topological polar surface area (TPSA) is 98.3 Å². The molecule has 0 unspecified atom stereocenters. The van der Waals surface area contributed by atoms with Crippen LogP contribution in [0.3, 0.4) is 0 Å². The van der Waals surface area contributed by atoms with Gasteiger partial charge in [0.25, 0.3) is 5.56 Å². The number of pyridine rings is 1. The molecule has 0 amide bonds. The number of hydrogen-bond donors (Lipinski definition) is 2. The highest BCUT2D eigenvalue weighted by Gasteiger charge is 2.23. The molecule has 0 radical (unpaired) electrons. The van der Waals surface area contributed by atoms with Gasteiger partial charge in [-0.1, -0.05) is 6.07 Å². The van der Waals surface area contributed by atoms with Crippen LogP contribution in [-0.2, 0) is 6.54 Å². The fourth-order valence-corrected chi connectivity index (χ4v) is 3.16. The summed E-state index contributed by atoms with van der Waals surface area (Å²) in [6.07, 6.45) is 6.34. The minimum atomic E-state index is -0.220. The van der Waals surface area contributed by atoms with Gasteiger partial charge >= 0.3 is 0 Å². The van der Waals surface area contributed by atoms with E-state index in [4.69, 9.17) is 10.5 Å². The molecule has 5 rings (SSSR count). The number of nitrogens with zero attached hydrogens (tertiary/aromatic N) is 3. The number of imidazole rings is 1. The van der Waals surface area contributed by atoms with Crippen molar-refractivity contribution < 1.29 is 4.74 Å². The van der Waals surface area contributed by atoms with Gasteiger partial charge in [0.15, 0.2) is 0 Å². The number of aromatic nitrogens is 4. The van der Waals surface area contributed by atoms with Crippen LogP contribution in [-0.4, -0.2) is 25.7 Å². The van der Waals surface area contributed by atoms with E-state index in [0.29, 0.717) is 17.2 Å². The Morgan fingerprint density at radius 1 is 1.23 bits per heavy atom. The lowest BCUT2D eigenvalue weighted by Crippen LogP contribution is -2.13. The zero-order valence-corrected chi connectivity index (χ0v) is 14.0. The molecule has 0 spiro atoms. The summed E-state index contributed by atoms with van der Waals surface area (Å²) in [5.74, 6) is 0.834. The van der Waals surface area contributed by atoms with Crippen LogP contribution in [0.2, 0.25) is 0 Å². The number of nitrogens with two attached hydrogens (primary N) is 1. The molecule has 1 fully saturated rings. The molecule has 0 bridgehead atoms. The highest BCUT2D eigenvalue weighted by molar-refractivity contribution is 5.88. The smallest absolute Gasteiger partial charge is 0.272 e. The van der Waals surface area contributed by atoms with Crippen molar-refractivity contribution in [2.24, 2.45) is 5.73 Å². The number of aromatic amines is 1. The van der Waals surface area contributed by atoms with Crippen molar-refractivity contribution in [3.8, 4) is 17.0 Å². The van der Waals surface area contributed by atoms with Crippen LogP contribution >= 0.6 is 0 Å². The van der Waals surface area contributed by atoms with Crippen LogP contribution in [0.25, 0.3) is 27.7 Å². The van der Waals surface area contributed by atoms with Gasteiger partial charge in [-0.2, -0.15) is 5.10 Å². The average Bonchev–Trinajstić information content (AvgIpc) is 3.38. The average molecular weight is 347 g/mol. The van der Waals surface area contributed by atoms with Gasteiger partial charge in [-0.3, -0.25) is 9.20 Å². The molecule has 0 atom stereocenters. The number of rotatable bonds is 4. The molecule has 1 saturated carbocycles. The predicted octanol–water partition coefficient (Wildman–Crippen LogP) is 2.24. The Balaban J connectivity index is 1.68. The van der Waals surface area contributed by atoms with Crippen molar-refractivity contribution in [1.29, 1.82) is 0 Å². The van der Waals surface area contributed by atoms with E-state index < -0.39 is 0 Å². The van der Waals surface area contributed by atoms with Gasteiger partial charge in [-0.25, -0.2) is 10.1 Å². The third-order valence-electron chi connectivity index (χ3n) is 4.66. The Morgan fingerprint density at radius 2 is 2.12 bits per heavy atom. The molecule has 4 aromatic rings. The van der Waals surface area contributed by atoms with E-state index in [2.05, 4.69) is 15.2 Å². The van der Waals surface area contributed by atoms with Gasteiger partial charge < -0.3 is 10.5 Å². The van der Waals surface area contributed by atoms with E-state index in [1.165, 1.54) is 0 Å². The standard InChI is InChI=1S/C19H17N5O2/c20-8-16-15-7-11(1-5-14(15)19(25)23-22-16)17-9-21-18-6-4-13(10-24(17)18)26-12-2-3-12/h1,4-7,9-10,12H,2-3,8,20H2,(H,23,25). The Bertz CT molecular complexity index is 1190. The summed E-state index contributed by atoms with van der Waals surface area (Å²) in [4.78, 5) is 16.5. The molecule has 3 N–H and O–H groups in total. The number of fused-ring (bicyclic) bond motifs is 2. The normalized spacial score (nSPS) is 14.2. The van der Waals surface area contributed by atoms with Crippen LogP contribution in [0.5, 0.6) is 5.75 Å². The number of ether oxygens (including phenoxy) is 1. The SMILES string of the molecule is NCc1n[nH]c(=O)c2ccc(-c3cnc4ccc(OC5CC5)cn34)cc12. The predicted molar refractivity (Wildman–Crippen MR) is 98.1 cm³/mol. The van der Waals surface area contributed by atoms with Gasteiger partial charge in [-0.15, -0.1) is 0 Å². The summed E-state index contributed by atoms with van der Waals surface area (Å²) < 4.78 is 7.90. The van der Waals surface area contributed by atoms with E-state index in [1.807, 2.05) is 41.1 Å². The molecular weight excluding hydrogens is 330 g/mol. The Kier molecular flexibility index (Phi) is 3.29. The molecule has 1 aliphatic carbocycles. The van der Waals surface area contributed by atoms with E-state index in [1.54, 1.807) is 6.07 Å². The van der Waals surface area contributed by atoms with Gasteiger partial charge in [-0.05, 0) is 37.1 Å². The van der Waals surface area contributed by atoms with Gasteiger partial charge in [0, 0.05) is 17.5 Å². The molecular formula is C19H17N5O2. The highest BCUT2D eigenvalue weighted by atomic mass is 16.5. The monoisotopic (exact) mass is 347 g/mol. The van der Waals surface area contributed by atoms with Crippen molar-refractivity contribution in [1.82, 2.24) is 19.6 Å². The maximum Gasteiger partial charge on any atom is 0.272 e. The molecule has 1 aromatic carbocycles. The van der Waals surface area contributed by atoms with Crippen molar-refractivity contribution in [2.75, 3.05) is 0 Å². The first-order chi connectivity index (χ1) is 12.7. The molecule has 130 valence electrons.